The summed E-state index contributed by atoms with van der Waals surface area (Å²) in [4.78, 5) is 13.7. The Bertz CT molecular complexity index is 2290. The predicted molar refractivity (Wildman–Crippen MR) is 187 cm³/mol. The van der Waals surface area contributed by atoms with Crippen molar-refractivity contribution < 1.29 is 18.9 Å². The van der Waals surface area contributed by atoms with E-state index in [2.05, 4.69) is 27.8 Å². The molecular weight excluding hydrogens is 600 g/mol. The minimum Gasteiger partial charge on any atom is -0.489 e. The Morgan fingerprint density at radius 2 is 1.06 bits per heavy atom. The first kappa shape index (κ1) is 28.0. The molecule has 6 aliphatic heterocycles. The van der Waals surface area contributed by atoms with E-state index in [1.54, 1.807) is 25.0 Å². The third-order valence-corrected chi connectivity index (χ3v) is 8.71. The Kier molecular flexibility index (Phi) is 6.89. The quantitative estimate of drug-likeness (QED) is 0.213. The van der Waals surface area contributed by atoms with Gasteiger partial charge in [-0.25, -0.2) is 9.97 Å². The summed E-state index contributed by atoms with van der Waals surface area (Å²) in [6.45, 7) is 0. The van der Waals surface area contributed by atoms with Crippen molar-refractivity contribution in [2.75, 3.05) is 0 Å². The molecule has 3 aromatic rings. The van der Waals surface area contributed by atoms with E-state index in [9.17, 15) is 0 Å². The monoisotopic (exact) mass is 630 g/mol. The number of nitrogens with one attached hydrogen (secondary N) is 1. The lowest BCUT2D eigenvalue weighted by molar-refractivity contribution is 0.128. The lowest BCUT2D eigenvalue weighted by Crippen LogP contribution is -2.13. The van der Waals surface area contributed by atoms with E-state index in [0.717, 1.165) is 61.5 Å². The maximum Gasteiger partial charge on any atom is 0.195 e. The Morgan fingerprint density at radius 3 is 1.67 bits per heavy atom. The predicted octanol–water partition coefficient (Wildman–Crippen LogP) is 9.15. The number of nitrogens with zero attached hydrogens (tertiary/aromatic N) is 3. The topological polar surface area (TPSA) is 83.4 Å². The molecule has 0 saturated carbocycles. The first-order valence-electron chi connectivity index (χ1n) is 15.9. The number of hydrogen-bond acceptors (Lipinski definition) is 6. The summed E-state index contributed by atoms with van der Waals surface area (Å²) < 4.78 is 27.7. The zero-order chi connectivity index (χ0) is 31.9. The van der Waals surface area contributed by atoms with Crippen LogP contribution in [0.25, 0.3) is 46.4 Å². The minimum atomic E-state index is -0.510. The number of ether oxygens (including phenoxy) is 4. The third-order valence-electron chi connectivity index (χ3n) is 8.71. The van der Waals surface area contributed by atoms with Gasteiger partial charge in [-0.3, -0.25) is 0 Å². The van der Waals surface area contributed by atoms with E-state index in [1.807, 2.05) is 109 Å². The van der Waals surface area contributed by atoms with Gasteiger partial charge in [0.2, 0.25) is 0 Å². The highest BCUT2D eigenvalue weighted by atomic mass is 16.5. The van der Waals surface area contributed by atoms with Crippen molar-refractivity contribution in [2.24, 2.45) is 0 Å². The Labute approximate surface area is 276 Å². The second kappa shape index (κ2) is 11.8. The van der Waals surface area contributed by atoms with Crippen LogP contribution in [0.3, 0.4) is 0 Å². The van der Waals surface area contributed by atoms with Crippen LogP contribution < -0.4 is 0 Å². The van der Waals surface area contributed by atoms with E-state index in [1.165, 1.54) is 0 Å². The van der Waals surface area contributed by atoms with Gasteiger partial charge >= 0.3 is 0 Å². The molecule has 0 spiro atoms. The number of aromatic nitrogens is 4. The molecule has 0 amide bonds. The number of rotatable bonds is 4. The van der Waals surface area contributed by atoms with Crippen molar-refractivity contribution in [1.29, 1.82) is 0 Å². The van der Waals surface area contributed by atoms with Crippen LogP contribution in [-0.4, -0.2) is 19.5 Å². The third kappa shape index (κ3) is 5.04. The van der Waals surface area contributed by atoms with Crippen molar-refractivity contribution >= 4 is 46.4 Å². The zero-order valence-corrected chi connectivity index (χ0v) is 25.7. The second-order valence-corrected chi connectivity index (χ2v) is 11.7. The highest BCUT2D eigenvalue weighted by Gasteiger charge is 2.35. The summed E-state index contributed by atoms with van der Waals surface area (Å²) in [5, 5.41) is 0. The lowest BCUT2D eigenvalue weighted by Gasteiger charge is -2.24. The van der Waals surface area contributed by atoms with Crippen molar-refractivity contribution in [3.05, 3.63) is 168 Å². The number of aromatic amines is 1. The molecule has 0 aromatic carbocycles. The maximum atomic E-state index is 6.40. The fraction of sp³-hybridized carbons (Fsp3) is 0.100. The highest BCUT2D eigenvalue weighted by molar-refractivity contribution is 5.85. The zero-order valence-electron chi connectivity index (χ0n) is 25.7. The average Bonchev–Trinajstić information content (AvgIpc) is 3.95. The van der Waals surface area contributed by atoms with Crippen LogP contribution in [0.1, 0.15) is 64.0 Å². The van der Waals surface area contributed by atoms with E-state index < -0.39 is 24.5 Å². The van der Waals surface area contributed by atoms with E-state index in [4.69, 9.17) is 28.9 Å². The van der Waals surface area contributed by atoms with E-state index >= 15 is 0 Å². The number of fused-ring (bicyclic) bond motifs is 8. The van der Waals surface area contributed by atoms with Crippen LogP contribution in [0.4, 0.5) is 0 Å². The molecule has 9 heterocycles. The van der Waals surface area contributed by atoms with Gasteiger partial charge < -0.3 is 28.5 Å². The summed E-state index contributed by atoms with van der Waals surface area (Å²) >= 11 is 0. The molecule has 3 aromatic heterocycles. The molecule has 1 N–H and O–H groups in total. The second-order valence-electron chi connectivity index (χ2n) is 11.7. The summed E-state index contributed by atoms with van der Waals surface area (Å²) in [7, 11) is 0. The van der Waals surface area contributed by atoms with Crippen LogP contribution in [0, 0.1) is 0 Å². The van der Waals surface area contributed by atoms with Gasteiger partial charge in [0.15, 0.2) is 6.23 Å². The van der Waals surface area contributed by atoms with Gasteiger partial charge in [-0.1, -0.05) is 24.3 Å². The van der Waals surface area contributed by atoms with Crippen LogP contribution >= 0.6 is 0 Å². The molecule has 8 nitrogen and oxygen atoms in total. The molecule has 6 aliphatic rings. The molecule has 0 radical (unpaired) electrons. The molecule has 0 saturated heterocycles. The molecule has 8 heteroatoms. The Hall–Kier alpha value is -6.28. The average molecular weight is 631 g/mol. The van der Waals surface area contributed by atoms with E-state index in [-0.39, 0.29) is 0 Å². The minimum absolute atomic E-state index is 0.428. The van der Waals surface area contributed by atoms with Crippen molar-refractivity contribution in [3.63, 3.8) is 0 Å². The molecule has 234 valence electrons. The maximum absolute atomic E-state index is 6.40. The highest BCUT2D eigenvalue weighted by Crippen LogP contribution is 2.46. The van der Waals surface area contributed by atoms with Gasteiger partial charge in [0, 0.05) is 27.7 Å². The molecule has 9 rings (SSSR count). The van der Waals surface area contributed by atoms with Gasteiger partial charge in [0.25, 0.3) is 0 Å². The van der Waals surface area contributed by atoms with Crippen LogP contribution in [0.5, 0.6) is 0 Å². The first-order chi connectivity index (χ1) is 23.8. The Morgan fingerprint density at radius 1 is 0.521 bits per heavy atom. The molecule has 48 heavy (non-hydrogen) atoms. The Balaban J connectivity index is 1.52. The normalized spacial score (nSPS) is 22.8. The SMILES string of the molecule is C1=COC(c2c(C3C=CC=CO3)c3c(C4C=CC=CO4)c4nc(cc5ccc(cc6nc(cc2n3C2C=CC=CO2)C=C6)[nH]5)C=C4)C=C1. The lowest BCUT2D eigenvalue weighted by atomic mass is 9.94. The molecule has 4 unspecified atom stereocenters. The van der Waals surface area contributed by atoms with Gasteiger partial charge in [-0.05, 0) is 103 Å². The smallest absolute Gasteiger partial charge is 0.195 e. The van der Waals surface area contributed by atoms with Gasteiger partial charge in [-0.15, -0.1) is 0 Å². The standard InChI is InChI=1S/C40H30N4O4/c1-5-19-45-33(9-1)37-31-18-17-29(43-31)24-28-14-13-26(41-28)23-27-15-16-30(42-27)25-32-38(34-10-2-6-20-46-34)39(35-11-3-7-21-47-35)40(37)44(32)36-12-4-8-22-48-36/h1-25,33-36,41H. The number of allylic oxidation sites excluding steroid dienone is 8. The van der Waals surface area contributed by atoms with Crippen LogP contribution in [0.15, 0.2) is 128 Å². The molecule has 4 atom stereocenters. The number of H-pyrrole nitrogens is 1. The van der Waals surface area contributed by atoms with E-state index in [0.29, 0.717) is 0 Å². The first-order valence-corrected chi connectivity index (χ1v) is 15.9. The van der Waals surface area contributed by atoms with Crippen LogP contribution in [-0.2, 0) is 18.9 Å². The van der Waals surface area contributed by atoms with Crippen molar-refractivity contribution in [3.8, 4) is 0 Å². The van der Waals surface area contributed by atoms with Crippen LogP contribution in [0.2, 0.25) is 0 Å². The summed E-state index contributed by atoms with van der Waals surface area (Å²) in [5.41, 5.74) is 9.56. The summed E-state index contributed by atoms with van der Waals surface area (Å²) in [6.07, 6.45) is 36.9. The number of hydrogen-bond donors (Lipinski definition) is 1. The van der Waals surface area contributed by atoms with Crippen molar-refractivity contribution in [2.45, 2.75) is 24.5 Å². The van der Waals surface area contributed by atoms with Gasteiger partial charge in [0.1, 0.15) is 18.3 Å². The summed E-state index contributed by atoms with van der Waals surface area (Å²) in [5.74, 6) is 0. The molecule has 0 aliphatic carbocycles. The molecule has 0 fully saturated rings. The van der Waals surface area contributed by atoms with Gasteiger partial charge in [0.05, 0.1) is 58.9 Å². The molecular formula is C40H30N4O4. The largest absolute Gasteiger partial charge is 0.489 e. The van der Waals surface area contributed by atoms with Gasteiger partial charge in [-0.2, -0.15) is 0 Å². The fourth-order valence-electron chi connectivity index (χ4n) is 6.71. The fourth-order valence-corrected chi connectivity index (χ4v) is 6.71. The summed E-state index contributed by atoms with van der Waals surface area (Å²) in [6, 6.07) is 10.3. The molecule has 8 bridgehead atoms. The van der Waals surface area contributed by atoms with Crippen molar-refractivity contribution in [1.82, 2.24) is 19.5 Å².